The molecule has 0 saturated carbocycles. The number of aryl methyl sites for hydroxylation is 1. The molecule has 12 heteroatoms. The minimum absolute atomic E-state index is 0.0152. The van der Waals surface area contributed by atoms with E-state index in [-0.39, 0.29) is 11.5 Å². The number of hydrogen-bond donors (Lipinski definition) is 4. The van der Waals surface area contributed by atoms with Gasteiger partial charge in [0.05, 0.1) is 27.6 Å². The van der Waals surface area contributed by atoms with E-state index in [4.69, 9.17) is 16.0 Å². The topological polar surface area (TPSA) is 100 Å². The van der Waals surface area contributed by atoms with Crippen molar-refractivity contribution in [2.45, 2.75) is 84.2 Å². The molecule has 8 nitrogen and oxygen atoms in total. The van der Waals surface area contributed by atoms with Gasteiger partial charge in [-0.1, -0.05) is 50.6 Å². The highest BCUT2D eigenvalue weighted by Gasteiger charge is 2.41. The van der Waals surface area contributed by atoms with Crippen molar-refractivity contribution >= 4 is 48.3 Å². The number of dihydropyridines is 1. The van der Waals surface area contributed by atoms with E-state index in [9.17, 15) is 18.7 Å². The van der Waals surface area contributed by atoms with Crippen molar-refractivity contribution in [3.63, 3.8) is 0 Å². The van der Waals surface area contributed by atoms with Gasteiger partial charge in [-0.3, -0.25) is 4.68 Å². The Morgan fingerprint density at radius 2 is 1.81 bits per heavy atom. The van der Waals surface area contributed by atoms with Crippen LogP contribution in [0, 0.1) is 11.6 Å². The minimum Gasteiger partial charge on any atom is -0.465 e. The summed E-state index contributed by atoms with van der Waals surface area (Å²) in [4.78, 5) is 12.2. The number of rotatable bonds is 11. The average Bonchev–Trinajstić information content (AvgIpc) is 3.26. The number of nitrogens with zero attached hydrogens (tertiary/aromatic N) is 2. The maximum Gasteiger partial charge on any atom is 0.405 e. The molecule has 0 fully saturated rings. The third kappa shape index (κ3) is 8.44. The monoisotopic (exact) mass is 685 g/mol. The van der Waals surface area contributed by atoms with Gasteiger partial charge in [0, 0.05) is 42.2 Å². The molecular formula is C35H46ClF2N5O3Si. The Kier molecular flexibility index (Phi) is 10.6. The van der Waals surface area contributed by atoms with Gasteiger partial charge in [-0.05, 0) is 81.6 Å². The first-order chi connectivity index (χ1) is 21.8. The Labute approximate surface area is 282 Å². The molecule has 3 aromatic rings. The standard InChI is InChI=1S/C35H46ClF2N5O3Si/c1-10-39-32-29-27(36)14-13-26(31(29)43(7)42-32)25-12-11-24(15-16-35(5,6)46-47(8,9)34(2,3)4)40-30(25)28(41-33(44)45)19-21-17-22(37)20-23(38)18-21/h11-15,17-18,20,28,40-41H,10,16,19H2,1-9H3,(H,39,42)(H,44,45). The van der Waals surface area contributed by atoms with E-state index in [1.165, 1.54) is 12.1 Å². The van der Waals surface area contributed by atoms with E-state index in [0.29, 0.717) is 40.6 Å². The zero-order chi connectivity index (χ0) is 34.9. The molecule has 1 atom stereocenters. The van der Waals surface area contributed by atoms with Crippen LogP contribution in [0.25, 0.3) is 16.5 Å². The SMILES string of the molecule is CCNc1nn(C)c2c(C3=C(C(Cc4cc(F)cc(F)c4)NC(=O)O)NC(=CCC(C)(C)O[Si](C)(C)C(C)(C)C)C=C3)ccc(Cl)c12. The van der Waals surface area contributed by atoms with Gasteiger partial charge in [-0.25, -0.2) is 13.6 Å². The van der Waals surface area contributed by atoms with Crippen LogP contribution in [-0.4, -0.2) is 47.5 Å². The van der Waals surface area contributed by atoms with E-state index in [1.54, 1.807) is 10.7 Å². The number of fused-ring (bicyclic) bond motifs is 1. The van der Waals surface area contributed by atoms with Crippen LogP contribution in [0.15, 0.2) is 60.0 Å². The van der Waals surface area contributed by atoms with E-state index >= 15 is 0 Å². The lowest BCUT2D eigenvalue weighted by atomic mass is 9.91. The molecule has 1 amide bonds. The predicted molar refractivity (Wildman–Crippen MR) is 189 cm³/mol. The average molecular weight is 686 g/mol. The number of hydrogen-bond acceptors (Lipinski definition) is 5. The third-order valence-corrected chi connectivity index (χ3v) is 13.7. The first-order valence-electron chi connectivity index (χ1n) is 15.8. The van der Waals surface area contributed by atoms with Gasteiger partial charge in [0.2, 0.25) is 0 Å². The van der Waals surface area contributed by atoms with E-state index in [0.717, 1.165) is 28.2 Å². The number of amides is 1. The van der Waals surface area contributed by atoms with Crippen LogP contribution in [-0.2, 0) is 17.9 Å². The van der Waals surface area contributed by atoms with Crippen LogP contribution in [0.1, 0.15) is 59.1 Å². The molecule has 0 radical (unpaired) electrons. The summed E-state index contributed by atoms with van der Waals surface area (Å²) in [6, 6.07) is 5.96. The summed E-state index contributed by atoms with van der Waals surface area (Å²) >= 11 is 6.69. The molecule has 1 aromatic heterocycles. The summed E-state index contributed by atoms with van der Waals surface area (Å²) in [5.74, 6) is -0.851. The Balaban J connectivity index is 1.85. The number of halogens is 3. The van der Waals surface area contributed by atoms with Crippen LogP contribution in [0.4, 0.5) is 19.4 Å². The molecular weight excluding hydrogens is 640 g/mol. The first-order valence-corrected chi connectivity index (χ1v) is 19.0. The molecule has 254 valence electrons. The van der Waals surface area contributed by atoms with Crippen molar-refractivity contribution < 1.29 is 23.1 Å². The Bertz CT molecular complexity index is 1740. The molecule has 1 aliphatic rings. The van der Waals surface area contributed by atoms with Crippen molar-refractivity contribution in [1.82, 2.24) is 20.4 Å². The normalized spacial score (nSPS) is 15.7. The van der Waals surface area contributed by atoms with Gasteiger partial charge in [0.25, 0.3) is 0 Å². The van der Waals surface area contributed by atoms with Crippen molar-refractivity contribution in [3.8, 4) is 0 Å². The quantitative estimate of drug-likeness (QED) is 0.151. The predicted octanol–water partition coefficient (Wildman–Crippen LogP) is 8.76. The van der Waals surface area contributed by atoms with Crippen LogP contribution >= 0.6 is 11.6 Å². The molecule has 2 heterocycles. The van der Waals surface area contributed by atoms with E-state index in [2.05, 4.69) is 68.8 Å². The number of carbonyl (C=O) groups is 1. The molecule has 0 aliphatic carbocycles. The second-order valence-electron chi connectivity index (χ2n) is 14.1. The number of carboxylic acid groups (broad SMARTS) is 1. The summed E-state index contributed by atoms with van der Waals surface area (Å²) in [7, 11) is -0.242. The zero-order valence-corrected chi connectivity index (χ0v) is 30.4. The molecule has 47 heavy (non-hydrogen) atoms. The smallest absolute Gasteiger partial charge is 0.405 e. The van der Waals surface area contributed by atoms with Gasteiger partial charge in [0.15, 0.2) is 14.1 Å². The molecule has 4 N–H and O–H groups in total. The second-order valence-corrected chi connectivity index (χ2v) is 19.2. The summed E-state index contributed by atoms with van der Waals surface area (Å²) in [6.07, 6.45) is 5.18. The summed E-state index contributed by atoms with van der Waals surface area (Å²) in [6.45, 7) is 17.8. The number of anilines is 1. The molecule has 2 aromatic carbocycles. The van der Waals surface area contributed by atoms with Crippen LogP contribution in [0.5, 0.6) is 0 Å². The summed E-state index contributed by atoms with van der Waals surface area (Å²) in [5, 5.41) is 25.2. The number of benzene rings is 2. The fraction of sp³-hybridized carbons (Fsp3) is 0.429. The van der Waals surface area contributed by atoms with Crippen molar-refractivity contribution in [2.24, 2.45) is 7.05 Å². The van der Waals surface area contributed by atoms with Crippen molar-refractivity contribution in [2.75, 3.05) is 11.9 Å². The first kappa shape index (κ1) is 36.2. The second kappa shape index (κ2) is 13.8. The largest absolute Gasteiger partial charge is 0.465 e. The molecule has 0 bridgehead atoms. The maximum atomic E-state index is 14.3. The van der Waals surface area contributed by atoms with Crippen molar-refractivity contribution in [1.29, 1.82) is 0 Å². The third-order valence-electron chi connectivity index (χ3n) is 8.73. The minimum atomic E-state index is -2.06. The van der Waals surface area contributed by atoms with E-state index in [1.807, 2.05) is 38.3 Å². The zero-order valence-electron chi connectivity index (χ0n) is 28.6. The van der Waals surface area contributed by atoms with Gasteiger partial charge in [-0.15, -0.1) is 0 Å². The fourth-order valence-corrected chi connectivity index (χ4v) is 7.64. The van der Waals surface area contributed by atoms with Gasteiger partial charge in [0.1, 0.15) is 11.6 Å². The molecule has 1 aliphatic heterocycles. The van der Waals surface area contributed by atoms with Crippen LogP contribution in [0.2, 0.25) is 23.2 Å². The highest BCUT2D eigenvalue weighted by Crippen LogP contribution is 2.41. The molecule has 1 unspecified atom stereocenters. The highest BCUT2D eigenvalue weighted by atomic mass is 35.5. The van der Waals surface area contributed by atoms with Crippen LogP contribution < -0.4 is 16.0 Å². The van der Waals surface area contributed by atoms with Crippen LogP contribution in [0.3, 0.4) is 0 Å². The molecule has 4 rings (SSSR count). The molecule has 0 saturated heterocycles. The van der Waals surface area contributed by atoms with Gasteiger partial charge in [-0.2, -0.15) is 5.10 Å². The Morgan fingerprint density at radius 3 is 2.40 bits per heavy atom. The number of allylic oxidation sites excluding steroid dienone is 3. The number of aromatic nitrogens is 2. The van der Waals surface area contributed by atoms with E-state index < -0.39 is 37.7 Å². The lowest BCUT2D eigenvalue weighted by Gasteiger charge is -2.42. The summed E-state index contributed by atoms with van der Waals surface area (Å²) in [5.41, 5.74) is 3.27. The lowest BCUT2D eigenvalue weighted by Crippen LogP contribution is -2.47. The Hall–Kier alpha value is -3.67. The van der Waals surface area contributed by atoms with Crippen molar-refractivity contribution in [3.05, 3.63) is 87.7 Å². The molecule has 0 spiro atoms. The van der Waals surface area contributed by atoms with Gasteiger partial charge >= 0.3 is 6.09 Å². The summed E-state index contributed by atoms with van der Waals surface area (Å²) < 4.78 is 37.0. The van der Waals surface area contributed by atoms with Gasteiger partial charge < -0.3 is 25.5 Å². The maximum absolute atomic E-state index is 14.3. The Morgan fingerprint density at radius 1 is 1.15 bits per heavy atom. The fourth-order valence-electron chi connectivity index (χ4n) is 5.62. The lowest BCUT2D eigenvalue weighted by molar-refractivity contribution is 0.0946. The number of nitrogens with one attached hydrogen (secondary N) is 3. The highest BCUT2D eigenvalue weighted by molar-refractivity contribution is 6.74.